The second kappa shape index (κ2) is 1.76. The molecule has 2 heterocycles. The zero-order valence-corrected chi connectivity index (χ0v) is 5.16. The lowest BCUT2D eigenvalue weighted by Crippen LogP contribution is -2.03. The number of anilines is 1. The summed E-state index contributed by atoms with van der Waals surface area (Å²) < 4.78 is 0. The van der Waals surface area contributed by atoms with Gasteiger partial charge in [-0.25, -0.2) is 0 Å². The van der Waals surface area contributed by atoms with Crippen LogP contribution in [-0.4, -0.2) is 16.1 Å². The Bertz CT molecular complexity index is 257. The minimum Gasteiger partial charge on any atom is -0.324 e. The van der Waals surface area contributed by atoms with E-state index in [0.29, 0.717) is 6.42 Å². The van der Waals surface area contributed by atoms with Crippen LogP contribution >= 0.6 is 0 Å². The molecule has 0 fully saturated rings. The van der Waals surface area contributed by atoms with Gasteiger partial charge in [-0.1, -0.05) is 0 Å². The highest BCUT2D eigenvalue weighted by Crippen LogP contribution is 2.18. The Morgan fingerprint density at radius 2 is 2.20 bits per heavy atom. The Kier molecular flexibility index (Phi) is 0.943. The largest absolute Gasteiger partial charge is 0.324 e. The number of hydrogen-bond acceptors (Lipinski definition) is 3. The molecule has 1 amide bonds. The van der Waals surface area contributed by atoms with Gasteiger partial charge in [-0.2, -0.15) is 10.2 Å². The molecule has 1 aliphatic heterocycles. The third-order valence-corrected chi connectivity index (χ3v) is 1.44. The average molecular weight is 135 g/mol. The SMILES string of the molecule is O=C1Cc2cnncc2N1. The zero-order chi connectivity index (χ0) is 6.97. The minimum absolute atomic E-state index is 0.0183. The van der Waals surface area contributed by atoms with Gasteiger partial charge < -0.3 is 5.32 Å². The van der Waals surface area contributed by atoms with Crippen LogP contribution in [0.15, 0.2) is 12.4 Å². The van der Waals surface area contributed by atoms with Gasteiger partial charge in [0.2, 0.25) is 5.91 Å². The number of rotatable bonds is 0. The topological polar surface area (TPSA) is 54.9 Å². The lowest BCUT2D eigenvalue weighted by atomic mass is 10.2. The lowest BCUT2D eigenvalue weighted by Gasteiger charge is -1.91. The van der Waals surface area contributed by atoms with Crippen LogP contribution in [0.4, 0.5) is 5.69 Å². The van der Waals surface area contributed by atoms with Crippen molar-refractivity contribution in [1.82, 2.24) is 10.2 Å². The first-order valence-corrected chi connectivity index (χ1v) is 2.95. The normalized spacial score (nSPS) is 14.6. The van der Waals surface area contributed by atoms with Gasteiger partial charge in [-0.05, 0) is 0 Å². The number of nitrogens with zero attached hydrogens (tertiary/aromatic N) is 2. The predicted octanol–water partition coefficient (Wildman–Crippen LogP) is -0.0288. The Morgan fingerprint density at radius 1 is 1.40 bits per heavy atom. The summed E-state index contributed by atoms with van der Waals surface area (Å²) in [5, 5.41) is 9.93. The van der Waals surface area contributed by atoms with Gasteiger partial charge in [0.15, 0.2) is 0 Å². The van der Waals surface area contributed by atoms with Crippen LogP contribution < -0.4 is 5.32 Å². The maximum Gasteiger partial charge on any atom is 0.228 e. The summed E-state index contributed by atoms with van der Waals surface area (Å²) in [6.45, 7) is 0. The van der Waals surface area contributed by atoms with E-state index in [-0.39, 0.29) is 5.91 Å². The molecule has 2 rings (SSSR count). The summed E-state index contributed by atoms with van der Waals surface area (Å²) in [7, 11) is 0. The lowest BCUT2D eigenvalue weighted by molar-refractivity contribution is -0.115. The fourth-order valence-electron chi connectivity index (χ4n) is 0.967. The Labute approximate surface area is 57.3 Å². The maximum atomic E-state index is 10.7. The van der Waals surface area contributed by atoms with E-state index >= 15 is 0 Å². The molecular formula is C6H5N3O. The molecule has 4 heteroatoms. The molecule has 1 aromatic heterocycles. The van der Waals surface area contributed by atoms with E-state index in [0.717, 1.165) is 11.3 Å². The molecule has 0 atom stereocenters. The van der Waals surface area contributed by atoms with Crippen molar-refractivity contribution in [2.24, 2.45) is 0 Å². The van der Waals surface area contributed by atoms with Crippen molar-refractivity contribution in [2.75, 3.05) is 5.32 Å². The van der Waals surface area contributed by atoms with Crippen LogP contribution in [0.5, 0.6) is 0 Å². The van der Waals surface area contributed by atoms with Crippen molar-refractivity contribution >= 4 is 11.6 Å². The van der Waals surface area contributed by atoms with E-state index in [1.165, 1.54) is 0 Å². The van der Waals surface area contributed by atoms with Gasteiger partial charge in [0, 0.05) is 5.56 Å². The first-order chi connectivity index (χ1) is 4.86. The van der Waals surface area contributed by atoms with Crippen molar-refractivity contribution in [3.63, 3.8) is 0 Å². The van der Waals surface area contributed by atoms with Crippen LogP contribution in [0.25, 0.3) is 0 Å². The molecule has 4 nitrogen and oxygen atoms in total. The molecular weight excluding hydrogens is 130 g/mol. The van der Waals surface area contributed by atoms with Gasteiger partial charge in [0.1, 0.15) is 0 Å². The van der Waals surface area contributed by atoms with Crippen molar-refractivity contribution in [3.05, 3.63) is 18.0 Å². The zero-order valence-electron chi connectivity index (χ0n) is 5.16. The molecule has 1 aliphatic rings. The molecule has 0 saturated carbocycles. The predicted molar refractivity (Wildman–Crippen MR) is 34.4 cm³/mol. The summed E-state index contributed by atoms with van der Waals surface area (Å²) in [4.78, 5) is 10.7. The summed E-state index contributed by atoms with van der Waals surface area (Å²) in [6.07, 6.45) is 3.60. The van der Waals surface area contributed by atoms with E-state index in [4.69, 9.17) is 0 Å². The summed E-state index contributed by atoms with van der Waals surface area (Å²) in [5.74, 6) is 0.0183. The smallest absolute Gasteiger partial charge is 0.228 e. The number of carbonyl (C=O) groups is 1. The highest BCUT2D eigenvalue weighted by Gasteiger charge is 2.16. The molecule has 0 saturated heterocycles. The third kappa shape index (κ3) is 0.655. The molecule has 0 radical (unpaired) electrons. The van der Waals surface area contributed by atoms with Gasteiger partial charge >= 0.3 is 0 Å². The van der Waals surface area contributed by atoms with Gasteiger partial charge in [-0.3, -0.25) is 4.79 Å². The molecule has 50 valence electrons. The molecule has 1 aromatic rings. The Balaban J connectivity index is 2.51. The molecule has 1 N–H and O–H groups in total. The average Bonchev–Trinajstić information content (AvgIpc) is 2.27. The minimum atomic E-state index is 0.0183. The number of carbonyl (C=O) groups excluding carboxylic acids is 1. The quantitative estimate of drug-likeness (QED) is 0.543. The summed E-state index contributed by atoms with van der Waals surface area (Å²) >= 11 is 0. The van der Waals surface area contributed by atoms with E-state index < -0.39 is 0 Å². The molecule has 0 bridgehead atoms. The number of aromatic nitrogens is 2. The van der Waals surface area contributed by atoms with Crippen molar-refractivity contribution in [2.45, 2.75) is 6.42 Å². The number of amides is 1. The van der Waals surface area contributed by atoms with Crippen LogP contribution in [0.3, 0.4) is 0 Å². The highest BCUT2D eigenvalue weighted by atomic mass is 16.1. The standard InChI is InChI=1S/C6H5N3O/c10-6-1-4-2-7-8-3-5(4)9-6/h2-3H,1H2,(H,9,10). The first-order valence-electron chi connectivity index (χ1n) is 2.95. The number of hydrogen-bond donors (Lipinski definition) is 1. The maximum absolute atomic E-state index is 10.7. The molecule has 0 aliphatic carbocycles. The Morgan fingerprint density at radius 3 is 3.00 bits per heavy atom. The highest BCUT2D eigenvalue weighted by molar-refractivity contribution is 5.98. The molecule has 0 spiro atoms. The van der Waals surface area contributed by atoms with Crippen molar-refractivity contribution in [3.8, 4) is 0 Å². The fourth-order valence-corrected chi connectivity index (χ4v) is 0.967. The second-order valence-electron chi connectivity index (χ2n) is 2.15. The third-order valence-electron chi connectivity index (χ3n) is 1.44. The number of fused-ring (bicyclic) bond motifs is 1. The van der Waals surface area contributed by atoms with E-state index in [1.807, 2.05) is 0 Å². The summed E-state index contributed by atoms with van der Waals surface area (Å²) in [5.41, 5.74) is 1.72. The van der Waals surface area contributed by atoms with Crippen LogP contribution in [0.1, 0.15) is 5.56 Å². The first kappa shape index (κ1) is 5.34. The molecule has 10 heavy (non-hydrogen) atoms. The monoisotopic (exact) mass is 135 g/mol. The van der Waals surface area contributed by atoms with Crippen LogP contribution in [0, 0.1) is 0 Å². The van der Waals surface area contributed by atoms with Crippen LogP contribution in [0.2, 0.25) is 0 Å². The van der Waals surface area contributed by atoms with E-state index in [2.05, 4.69) is 15.5 Å². The molecule has 0 aromatic carbocycles. The van der Waals surface area contributed by atoms with Crippen molar-refractivity contribution in [1.29, 1.82) is 0 Å². The van der Waals surface area contributed by atoms with Gasteiger partial charge in [0.05, 0.1) is 24.5 Å². The van der Waals surface area contributed by atoms with Crippen molar-refractivity contribution < 1.29 is 4.79 Å². The van der Waals surface area contributed by atoms with Gasteiger partial charge in [-0.15, -0.1) is 0 Å². The number of nitrogens with one attached hydrogen (secondary N) is 1. The Hall–Kier alpha value is -1.45. The molecule has 0 unspecified atom stereocenters. The van der Waals surface area contributed by atoms with Crippen LogP contribution in [-0.2, 0) is 11.2 Å². The second-order valence-corrected chi connectivity index (χ2v) is 2.15. The van der Waals surface area contributed by atoms with E-state index in [9.17, 15) is 4.79 Å². The summed E-state index contributed by atoms with van der Waals surface area (Å²) in [6, 6.07) is 0. The van der Waals surface area contributed by atoms with Gasteiger partial charge in [0.25, 0.3) is 0 Å². The fraction of sp³-hybridized carbons (Fsp3) is 0.167. The van der Waals surface area contributed by atoms with E-state index in [1.54, 1.807) is 12.4 Å².